The lowest BCUT2D eigenvalue weighted by atomic mass is 10.0. The summed E-state index contributed by atoms with van der Waals surface area (Å²) in [5, 5.41) is 11.2. The first-order valence-corrected chi connectivity index (χ1v) is 16.3. The normalized spacial score (nSPS) is 22.5. The number of rotatable bonds is 5. The van der Waals surface area contributed by atoms with Gasteiger partial charge in [0.15, 0.2) is 6.61 Å². The molecule has 0 saturated carbocycles. The van der Waals surface area contributed by atoms with E-state index in [9.17, 15) is 24.0 Å². The Labute approximate surface area is 279 Å². The number of imidazole rings is 1. The van der Waals surface area contributed by atoms with Crippen molar-refractivity contribution in [3.63, 3.8) is 0 Å². The summed E-state index contributed by atoms with van der Waals surface area (Å²) >= 11 is 0. The Morgan fingerprint density at radius 2 is 1.73 bits per heavy atom. The lowest BCUT2D eigenvalue weighted by Crippen LogP contribution is -2.58. The van der Waals surface area contributed by atoms with Gasteiger partial charge in [-0.1, -0.05) is 38.1 Å². The highest BCUT2D eigenvalue weighted by molar-refractivity contribution is 5.96. The first-order chi connectivity index (χ1) is 23.0. The summed E-state index contributed by atoms with van der Waals surface area (Å²) in [5.74, 6) is -1.17. The average Bonchev–Trinajstić information content (AvgIpc) is 3.74. The van der Waals surface area contributed by atoms with E-state index < -0.39 is 47.8 Å². The summed E-state index contributed by atoms with van der Waals surface area (Å²) in [4.78, 5) is 72.4. The number of ether oxygens (including phenoxy) is 1. The number of aromatic nitrogens is 2. The summed E-state index contributed by atoms with van der Waals surface area (Å²) in [6.07, 6.45) is 4.80. The van der Waals surface area contributed by atoms with E-state index in [1.54, 1.807) is 37.4 Å². The number of amides is 5. The molecule has 3 aliphatic heterocycles. The Morgan fingerprint density at radius 3 is 2.40 bits per heavy atom. The van der Waals surface area contributed by atoms with Gasteiger partial charge in [0.25, 0.3) is 5.91 Å². The monoisotopic (exact) mass is 657 g/mol. The molecule has 3 aliphatic rings. The highest BCUT2D eigenvalue weighted by Crippen LogP contribution is 2.21. The van der Waals surface area contributed by atoms with E-state index in [1.807, 2.05) is 55.8 Å². The average molecular weight is 658 g/mol. The van der Waals surface area contributed by atoms with Gasteiger partial charge in [-0.3, -0.25) is 24.0 Å². The van der Waals surface area contributed by atoms with Gasteiger partial charge in [0.2, 0.25) is 23.6 Å². The van der Waals surface area contributed by atoms with Crippen molar-refractivity contribution in [2.75, 3.05) is 13.2 Å². The fourth-order valence-electron chi connectivity index (χ4n) is 5.94. The summed E-state index contributed by atoms with van der Waals surface area (Å²) in [5.41, 5.74) is 2.56. The molecule has 4 atom stereocenters. The number of carbonyl (C=O) groups excluding carboxylic acids is 5. The van der Waals surface area contributed by atoms with Crippen LogP contribution in [0.2, 0.25) is 0 Å². The Balaban J connectivity index is 1.33. The summed E-state index contributed by atoms with van der Waals surface area (Å²) in [6, 6.07) is 11.0. The van der Waals surface area contributed by atoms with Crippen molar-refractivity contribution >= 4 is 29.5 Å². The van der Waals surface area contributed by atoms with E-state index in [0.717, 1.165) is 22.6 Å². The molecule has 1 saturated heterocycles. The molecule has 1 fully saturated rings. The fourth-order valence-corrected chi connectivity index (χ4v) is 5.94. The van der Waals surface area contributed by atoms with Crippen molar-refractivity contribution in [2.24, 2.45) is 5.92 Å². The van der Waals surface area contributed by atoms with E-state index >= 15 is 0 Å². The van der Waals surface area contributed by atoms with Crippen molar-refractivity contribution in [2.45, 2.75) is 77.7 Å². The van der Waals surface area contributed by atoms with E-state index in [4.69, 9.17) is 4.74 Å². The Bertz CT molecular complexity index is 1640. The second kappa shape index (κ2) is 15.1. The number of hydrogen-bond acceptors (Lipinski definition) is 7. The zero-order valence-corrected chi connectivity index (χ0v) is 27.7. The summed E-state index contributed by atoms with van der Waals surface area (Å²) in [6.45, 7) is 7.38. The van der Waals surface area contributed by atoms with Crippen LogP contribution in [0.4, 0.5) is 0 Å². The maximum absolute atomic E-state index is 13.6. The minimum Gasteiger partial charge on any atom is -0.484 e. The van der Waals surface area contributed by atoms with E-state index in [2.05, 4.69) is 26.3 Å². The maximum atomic E-state index is 13.6. The number of carbonyl (C=O) groups is 5. The molecule has 0 radical (unpaired) electrons. The van der Waals surface area contributed by atoms with Crippen LogP contribution in [0.25, 0.3) is 5.69 Å². The van der Waals surface area contributed by atoms with Gasteiger partial charge in [-0.15, -0.1) is 0 Å². The molecule has 1 aromatic heterocycles. The van der Waals surface area contributed by atoms with E-state index in [-0.39, 0.29) is 31.4 Å². The molecule has 4 heterocycles. The van der Waals surface area contributed by atoms with E-state index in [1.165, 1.54) is 4.90 Å². The Hall–Kier alpha value is -5.20. The van der Waals surface area contributed by atoms with Crippen LogP contribution in [0.3, 0.4) is 0 Å². The molecular formula is C35H43N7O6. The van der Waals surface area contributed by atoms with Crippen LogP contribution in [0.5, 0.6) is 5.75 Å². The first kappa shape index (κ1) is 34.1. The Kier molecular flexibility index (Phi) is 10.8. The number of nitrogens with one attached hydrogen (secondary N) is 4. The van der Waals surface area contributed by atoms with Crippen molar-refractivity contribution in [3.8, 4) is 11.4 Å². The summed E-state index contributed by atoms with van der Waals surface area (Å²) < 4.78 is 7.64. The minimum absolute atomic E-state index is 0.165. The molecule has 0 spiro atoms. The highest BCUT2D eigenvalue weighted by Gasteiger charge is 2.39. The van der Waals surface area contributed by atoms with Gasteiger partial charge in [0.1, 0.15) is 35.7 Å². The molecule has 48 heavy (non-hydrogen) atoms. The van der Waals surface area contributed by atoms with Gasteiger partial charge < -0.3 is 35.5 Å². The van der Waals surface area contributed by atoms with Gasteiger partial charge in [-0.25, -0.2) is 4.98 Å². The van der Waals surface area contributed by atoms with Gasteiger partial charge in [0.05, 0.1) is 0 Å². The van der Waals surface area contributed by atoms with Crippen molar-refractivity contribution in [3.05, 3.63) is 77.9 Å². The van der Waals surface area contributed by atoms with Crippen molar-refractivity contribution in [1.29, 1.82) is 0 Å². The lowest BCUT2D eigenvalue weighted by molar-refractivity contribution is -0.143. The zero-order chi connectivity index (χ0) is 34.4. The third kappa shape index (κ3) is 8.20. The molecule has 13 nitrogen and oxygen atoms in total. The quantitative estimate of drug-likeness (QED) is 0.324. The number of fused-ring (bicyclic) bond motifs is 13. The van der Waals surface area contributed by atoms with Crippen LogP contribution >= 0.6 is 0 Å². The number of aryl methyl sites for hydroxylation is 1. The van der Waals surface area contributed by atoms with Crippen LogP contribution in [-0.2, 0) is 36.9 Å². The fraction of sp³-hybridized carbons (Fsp3) is 0.429. The standard InChI is InChI=1S/C35H43N7O6/c1-21(2)31-35(47)42-16-5-6-29(42)34(46)38-22(3)32(44)39-28(18-24-9-13-27(14-10-24)48-20-30(43)40-31)33(45)37-19-25-7-11-26(12-8-25)41-17-15-36-23(41)4/h7-15,17,21-22,28-29,31H,5-6,16,18-20H2,1-4H3,(H,37,45)(H,38,46)(H,39,44)(H,40,43)/t22-,28-,29+,31-/m0/s1. The second-order valence-electron chi connectivity index (χ2n) is 12.6. The van der Waals surface area contributed by atoms with Crippen LogP contribution < -0.4 is 26.0 Å². The van der Waals surface area contributed by atoms with Gasteiger partial charge in [-0.05, 0) is 68.0 Å². The largest absolute Gasteiger partial charge is 0.484 e. The highest BCUT2D eigenvalue weighted by atomic mass is 16.5. The molecule has 13 heteroatoms. The van der Waals surface area contributed by atoms with Crippen LogP contribution in [0.15, 0.2) is 60.9 Å². The molecular weight excluding hydrogens is 614 g/mol. The smallest absolute Gasteiger partial charge is 0.258 e. The molecule has 2 bridgehead atoms. The molecule has 2 aromatic carbocycles. The second-order valence-corrected chi connectivity index (χ2v) is 12.6. The Morgan fingerprint density at radius 1 is 1.00 bits per heavy atom. The van der Waals surface area contributed by atoms with E-state index in [0.29, 0.717) is 25.1 Å². The van der Waals surface area contributed by atoms with Crippen LogP contribution in [-0.4, -0.2) is 81.3 Å². The van der Waals surface area contributed by atoms with Gasteiger partial charge in [0, 0.05) is 37.6 Å². The lowest BCUT2D eigenvalue weighted by Gasteiger charge is -2.31. The SMILES string of the molecule is Cc1nccn1-c1ccc(CNC(=O)[C@@H]2Cc3ccc(cc3)OCC(=O)N[C@@H](C(C)C)C(=O)N3CCC[C@@H]3C(=O)N[C@@H](C)C(=O)N2)cc1. The molecule has 4 N–H and O–H groups in total. The minimum atomic E-state index is -0.983. The van der Waals surface area contributed by atoms with Gasteiger partial charge >= 0.3 is 0 Å². The van der Waals surface area contributed by atoms with Crippen LogP contribution in [0, 0.1) is 12.8 Å². The van der Waals surface area contributed by atoms with Crippen LogP contribution in [0.1, 0.15) is 50.6 Å². The zero-order valence-electron chi connectivity index (χ0n) is 27.7. The molecule has 0 aliphatic carbocycles. The van der Waals surface area contributed by atoms with Crippen molar-refractivity contribution < 1.29 is 28.7 Å². The van der Waals surface area contributed by atoms with Crippen molar-refractivity contribution in [1.82, 2.24) is 35.7 Å². The third-order valence-electron chi connectivity index (χ3n) is 8.71. The summed E-state index contributed by atoms with van der Waals surface area (Å²) in [7, 11) is 0. The third-order valence-corrected chi connectivity index (χ3v) is 8.71. The first-order valence-electron chi connectivity index (χ1n) is 16.3. The molecule has 3 aromatic rings. The predicted octanol–water partition coefficient (Wildman–Crippen LogP) is 1.55. The molecule has 254 valence electrons. The number of nitrogens with zero attached hydrogens (tertiary/aromatic N) is 3. The topological polar surface area (TPSA) is 164 Å². The maximum Gasteiger partial charge on any atom is 0.258 e. The molecule has 5 amide bonds. The van der Waals surface area contributed by atoms with Gasteiger partial charge in [-0.2, -0.15) is 0 Å². The predicted molar refractivity (Wildman–Crippen MR) is 177 cm³/mol. The number of benzene rings is 2. The number of hydrogen-bond donors (Lipinski definition) is 4. The molecule has 0 unspecified atom stereocenters. The molecule has 6 rings (SSSR count).